The van der Waals surface area contributed by atoms with Gasteiger partial charge in [0.25, 0.3) is 5.91 Å². The van der Waals surface area contributed by atoms with E-state index in [-0.39, 0.29) is 23.7 Å². The van der Waals surface area contributed by atoms with E-state index in [2.05, 4.69) is 5.32 Å². The fourth-order valence-corrected chi connectivity index (χ4v) is 2.59. The molecule has 0 spiro atoms. The number of rotatable bonds is 4. The van der Waals surface area contributed by atoms with Crippen LogP contribution in [0.1, 0.15) is 29.8 Å². The fraction of sp³-hybridized carbons (Fsp3) is 0.529. The van der Waals surface area contributed by atoms with E-state index < -0.39 is 0 Å². The van der Waals surface area contributed by atoms with E-state index in [4.69, 9.17) is 0 Å². The molecule has 1 aromatic rings. The van der Waals surface area contributed by atoms with Crippen LogP contribution >= 0.6 is 0 Å². The van der Waals surface area contributed by atoms with E-state index in [9.17, 15) is 14.0 Å². The highest BCUT2D eigenvalue weighted by Gasteiger charge is 2.23. The number of halogens is 1. The molecule has 5 nitrogen and oxygen atoms in total. The molecule has 0 atom stereocenters. The zero-order valence-corrected chi connectivity index (χ0v) is 13.9. The number of carbonyl (C=O) groups excluding carboxylic acids is 2. The number of nitrogens with one attached hydrogen (secondary N) is 1. The molecule has 6 heteroatoms. The lowest BCUT2D eigenvalue weighted by molar-refractivity contribution is -0.123. The van der Waals surface area contributed by atoms with E-state index in [1.54, 1.807) is 24.0 Å². The lowest BCUT2D eigenvalue weighted by atomic mass is 10.1. The Labute approximate surface area is 136 Å². The number of benzene rings is 1. The molecule has 0 saturated carbocycles. The maximum absolute atomic E-state index is 13.6. The normalized spacial score (nSPS) is 15.8. The average molecular weight is 321 g/mol. The summed E-state index contributed by atoms with van der Waals surface area (Å²) < 4.78 is 13.6. The van der Waals surface area contributed by atoms with Crippen molar-refractivity contribution in [3.63, 3.8) is 0 Å². The van der Waals surface area contributed by atoms with Gasteiger partial charge in [0.05, 0.1) is 6.54 Å². The maximum atomic E-state index is 13.6. The highest BCUT2D eigenvalue weighted by Crippen LogP contribution is 2.13. The van der Waals surface area contributed by atoms with Crippen molar-refractivity contribution in [1.29, 1.82) is 0 Å². The molecular formula is C17H24FN3O2. The van der Waals surface area contributed by atoms with Gasteiger partial charge in [0, 0.05) is 37.8 Å². The van der Waals surface area contributed by atoms with Crippen LogP contribution in [0.5, 0.6) is 0 Å². The van der Waals surface area contributed by atoms with Crippen LogP contribution in [0.2, 0.25) is 0 Å². The molecule has 126 valence electrons. The maximum Gasteiger partial charge on any atom is 0.254 e. The Morgan fingerprint density at radius 1 is 1.22 bits per heavy atom. The Morgan fingerprint density at radius 3 is 2.43 bits per heavy atom. The summed E-state index contributed by atoms with van der Waals surface area (Å²) in [6.07, 6.45) is 0. The minimum absolute atomic E-state index is 0.000354. The fourth-order valence-electron chi connectivity index (χ4n) is 2.59. The number of nitrogens with zero attached hydrogens (tertiary/aromatic N) is 2. The molecule has 0 unspecified atom stereocenters. The third kappa shape index (κ3) is 4.76. The molecule has 0 aliphatic carbocycles. The Bertz CT molecular complexity index is 581. The van der Waals surface area contributed by atoms with Crippen LogP contribution < -0.4 is 5.32 Å². The second-order valence-corrected chi connectivity index (χ2v) is 6.25. The smallest absolute Gasteiger partial charge is 0.254 e. The first-order valence-electron chi connectivity index (χ1n) is 7.94. The Balaban J connectivity index is 1.87. The summed E-state index contributed by atoms with van der Waals surface area (Å²) in [5.41, 5.74) is 0.904. The third-order valence-corrected chi connectivity index (χ3v) is 3.90. The topological polar surface area (TPSA) is 52.7 Å². The number of hydrogen-bond donors (Lipinski definition) is 1. The van der Waals surface area contributed by atoms with Crippen molar-refractivity contribution < 1.29 is 14.0 Å². The number of hydrogen-bond acceptors (Lipinski definition) is 3. The van der Waals surface area contributed by atoms with Crippen molar-refractivity contribution in [2.45, 2.75) is 26.8 Å². The van der Waals surface area contributed by atoms with Gasteiger partial charge in [-0.2, -0.15) is 0 Å². The number of amides is 2. The van der Waals surface area contributed by atoms with Crippen LogP contribution in [0.4, 0.5) is 4.39 Å². The van der Waals surface area contributed by atoms with Gasteiger partial charge >= 0.3 is 0 Å². The van der Waals surface area contributed by atoms with E-state index >= 15 is 0 Å². The lowest BCUT2D eigenvalue weighted by Gasteiger charge is -2.34. The molecule has 1 aliphatic rings. The van der Waals surface area contributed by atoms with Gasteiger partial charge in [0.15, 0.2) is 0 Å². The SMILES string of the molecule is Cc1ccc(C(=O)N2CCN(CC(=O)NC(C)C)CC2)cc1F. The largest absolute Gasteiger partial charge is 0.353 e. The second kappa shape index (κ2) is 7.55. The molecule has 1 aliphatic heterocycles. The minimum Gasteiger partial charge on any atom is -0.353 e. The van der Waals surface area contributed by atoms with Gasteiger partial charge in [-0.05, 0) is 38.5 Å². The standard InChI is InChI=1S/C17H24FN3O2/c1-12(2)19-16(22)11-20-6-8-21(9-7-20)17(23)14-5-4-13(3)15(18)10-14/h4-5,10,12H,6-9,11H2,1-3H3,(H,19,22). The van der Waals surface area contributed by atoms with Gasteiger partial charge in [-0.25, -0.2) is 4.39 Å². The van der Waals surface area contributed by atoms with Gasteiger partial charge in [0.2, 0.25) is 5.91 Å². The second-order valence-electron chi connectivity index (χ2n) is 6.25. The van der Waals surface area contributed by atoms with Crippen molar-refractivity contribution >= 4 is 11.8 Å². The molecule has 2 amide bonds. The Morgan fingerprint density at radius 2 is 1.87 bits per heavy atom. The van der Waals surface area contributed by atoms with E-state index in [1.165, 1.54) is 6.07 Å². The van der Waals surface area contributed by atoms with E-state index in [0.29, 0.717) is 43.9 Å². The highest BCUT2D eigenvalue weighted by atomic mass is 19.1. The van der Waals surface area contributed by atoms with Gasteiger partial charge in [0.1, 0.15) is 5.82 Å². The summed E-state index contributed by atoms with van der Waals surface area (Å²) in [6.45, 7) is 8.25. The monoisotopic (exact) mass is 321 g/mol. The molecule has 23 heavy (non-hydrogen) atoms. The van der Waals surface area contributed by atoms with Crippen LogP contribution in [0.15, 0.2) is 18.2 Å². The molecule has 0 radical (unpaired) electrons. The summed E-state index contributed by atoms with van der Waals surface area (Å²) >= 11 is 0. The molecule has 0 aromatic heterocycles. The van der Waals surface area contributed by atoms with Crippen LogP contribution in [0, 0.1) is 12.7 Å². The van der Waals surface area contributed by atoms with Crippen LogP contribution in [-0.2, 0) is 4.79 Å². The summed E-state index contributed by atoms with van der Waals surface area (Å²) in [4.78, 5) is 27.9. The van der Waals surface area contributed by atoms with Crippen molar-refractivity contribution in [1.82, 2.24) is 15.1 Å². The summed E-state index contributed by atoms with van der Waals surface area (Å²) in [6, 6.07) is 4.69. The van der Waals surface area contributed by atoms with Crippen LogP contribution in [-0.4, -0.2) is 60.4 Å². The first kappa shape index (κ1) is 17.4. The minimum atomic E-state index is -0.361. The third-order valence-electron chi connectivity index (χ3n) is 3.90. The number of piperazine rings is 1. The van der Waals surface area contributed by atoms with E-state index in [0.717, 1.165) is 0 Å². The highest BCUT2D eigenvalue weighted by molar-refractivity contribution is 5.94. The summed E-state index contributed by atoms with van der Waals surface area (Å²) in [5.74, 6) is -0.518. The molecule has 0 bridgehead atoms. The van der Waals surface area contributed by atoms with Crippen molar-refractivity contribution in [3.8, 4) is 0 Å². The zero-order chi connectivity index (χ0) is 17.0. The van der Waals surface area contributed by atoms with Gasteiger partial charge in [-0.1, -0.05) is 6.07 Å². The quantitative estimate of drug-likeness (QED) is 0.912. The lowest BCUT2D eigenvalue weighted by Crippen LogP contribution is -2.51. The summed E-state index contributed by atoms with van der Waals surface area (Å²) in [5, 5.41) is 2.86. The van der Waals surface area contributed by atoms with Gasteiger partial charge in [-0.15, -0.1) is 0 Å². The first-order chi connectivity index (χ1) is 10.9. The Kier molecular flexibility index (Phi) is 5.71. The predicted octanol–water partition coefficient (Wildman–Crippen LogP) is 1.42. The molecule has 2 rings (SSSR count). The van der Waals surface area contributed by atoms with Crippen molar-refractivity contribution in [2.24, 2.45) is 0 Å². The molecule has 1 aromatic carbocycles. The number of carbonyl (C=O) groups is 2. The van der Waals surface area contributed by atoms with Crippen LogP contribution in [0.3, 0.4) is 0 Å². The Hall–Kier alpha value is -1.95. The van der Waals surface area contributed by atoms with Crippen LogP contribution in [0.25, 0.3) is 0 Å². The van der Waals surface area contributed by atoms with Crippen molar-refractivity contribution in [3.05, 3.63) is 35.1 Å². The van der Waals surface area contributed by atoms with E-state index in [1.807, 2.05) is 18.7 Å². The molecular weight excluding hydrogens is 297 g/mol. The zero-order valence-electron chi connectivity index (χ0n) is 13.9. The van der Waals surface area contributed by atoms with Gasteiger partial charge in [-0.3, -0.25) is 14.5 Å². The predicted molar refractivity (Wildman–Crippen MR) is 86.8 cm³/mol. The van der Waals surface area contributed by atoms with Crippen molar-refractivity contribution in [2.75, 3.05) is 32.7 Å². The molecule has 1 N–H and O–H groups in total. The van der Waals surface area contributed by atoms with Gasteiger partial charge < -0.3 is 10.2 Å². The number of aryl methyl sites for hydroxylation is 1. The molecule has 1 heterocycles. The average Bonchev–Trinajstić information content (AvgIpc) is 2.49. The first-order valence-corrected chi connectivity index (χ1v) is 7.94. The molecule has 1 saturated heterocycles. The summed E-state index contributed by atoms with van der Waals surface area (Å²) in [7, 11) is 0. The molecule has 1 fully saturated rings.